The average molecular weight is 896 g/mol. The van der Waals surface area contributed by atoms with Crippen LogP contribution in [0.1, 0.15) is 93.1 Å². The number of carbonyl (C=O) groups is 4. The van der Waals surface area contributed by atoms with Crippen LogP contribution < -0.4 is 30.7 Å². The lowest BCUT2D eigenvalue weighted by Crippen LogP contribution is -2.66. The third-order valence-electron chi connectivity index (χ3n) is 15.0. The summed E-state index contributed by atoms with van der Waals surface area (Å²) in [4.78, 5) is 72.3. The summed E-state index contributed by atoms with van der Waals surface area (Å²) in [7, 11) is 2.18. The number of piperazine rings is 1. The second-order valence-electron chi connectivity index (χ2n) is 20.0. The van der Waals surface area contributed by atoms with E-state index in [9.17, 15) is 19.2 Å². The number of likely N-dealkylation sites (tertiary alicyclic amines) is 1. The lowest BCUT2D eigenvalue weighted by atomic mass is 9.82. The number of carbonyl (C=O) groups excluding carboxylic acids is 4. The molecule has 15 nitrogen and oxygen atoms in total. The fourth-order valence-electron chi connectivity index (χ4n) is 10.8. The maximum absolute atomic E-state index is 15.7. The van der Waals surface area contributed by atoms with Crippen LogP contribution in [0.5, 0.6) is 0 Å². The average Bonchev–Trinajstić information content (AvgIpc) is 3.62. The van der Waals surface area contributed by atoms with Crippen molar-refractivity contribution in [3.63, 3.8) is 0 Å². The van der Waals surface area contributed by atoms with Crippen LogP contribution in [-0.2, 0) is 27.5 Å². The molecule has 65 heavy (non-hydrogen) atoms. The molecule has 1 unspecified atom stereocenters. The Kier molecular flexibility index (Phi) is 12.7. The number of hydrogen-bond acceptors (Lipinski definition) is 12. The van der Waals surface area contributed by atoms with E-state index in [4.69, 9.17) is 0 Å². The van der Waals surface area contributed by atoms with Crippen molar-refractivity contribution in [3.8, 4) is 0 Å². The predicted molar refractivity (Wildman–Crippen MR) is 245 cm³/mol. The zero-order valence-corrected chi connectivity index (χ0v) is 38.0. The standard InChI is InChI=1S/C48H63F2N11O4/c1-47(2)12-20-57(21-13-47)27-32-24-37(50)40(25-36(32)49)60-29-44(63)55-48(30-60)14-22-59(23-15-48)42-26-41(52-31-53-42)51-16-5-17-56(3)33-10-18-58(19-11-33)38-7-4-6-34-35(38)28-61(46(34)65)39-8-9-43(62)54-45(39)64/h4,6-7,24-26,31,33,39H,5,8-23,27-30H2,1-3H3,(H,55,63)(H,51,52,53)(H,54,62,64). The molecule has 1 aromatic heterocycles. The van der Waals surface area contributed by atoms with Crippen LogP contribution in [0.25, 0.3) is 0 Å². The Morgan fingerprint density at radius 2 is 1.60 bits per heavy atom. The summed E-state index contributed by atoms with van der Waals surface area (Å²) < 4.78 is 31.2. The van der Waals surface area contributed by atoms with Gasteiger partial charge in [-0.1, -0.05) is 19.9 Å². The number of halogens is 2. The molecule has 1 spiro atoms. The molecule has 3 N–H and O–H groups in total. The summed E-state index contributed by atoms with van der Waals surface area (Å²) in [5.74, 6) is -0.401. The first-order valence-corrected chi connectivity index (χ1v) is 23.5. The fourth-order valence-corrected chi connectivity index (χ4v) is 10.8. The molecule has 0 bridgehead atoms. The summed E-state index contributed by atoms with van der Waals surface area (Å²) in [5.41, 5.74) is 2.86. The molecule has 3 aromatic rings. The van der Waals surface area contributed by atoms with Gasteiger partial charge in [0.1, 0.15) is 35.6 Å². The monoisotopic (exact) mass is 896 g/mol. The Bertz CT molecular complexity index is 2290. The van der Waals surface area contributed by atoms with Gasteiger partial charge in [-0.15, -0.1) is 0 Å². The van der Waals surface area contributed by atoms with Gasteiger partial charge in [-0.25, -0.2) is 18.7 Å². The van der Waals surface area contributed by atoms with E-state index < -0.39 is 29.1 Å². The molecule has 2 aromatic carbocycles. The first kappa shape index (κ1) is 44.8. The molecule has 6 aliphatic rings. The maximum Gasteiger partial charge on any atom is 0.255 e. The summed E-state index contributed by atoms with van der Waals surface area (Å²) in [6.07, 6.45) is 8.39. The van der Waals surface area contributed by atoms with Crippen molar-refractivity contribution in [1.82, 2.24) is 35.3 Å². The van der Waals surface area contributed by atoms with E-state index in [1.165, 1.54) is 12.1 Å². The van der Waals surface area contributed by atoms with E-state index in [1.54, 1.807) is 16.1 Å². The molecule has 5 saturated heterocycles. The van der Waals surface area contributed by atoms with Gasteiger partial charge < -0.3 is 35.1 Å². The number of aromatic nitrogens is 2. The van der Waals surface area contributed by atoms with Crippen LogP contribution in [0.15, 0.2) is 42.7 Å². The third kappa shape index (κ3) is 9.77. The van der Waals surface area contributed by atoms with Crippen molar-refractivity contribution in [2.75, 3.05) is 92.5 Å². The zero-order valence-electron chi connectivity index (χ0n) is 38.0. The normalized spacial score (nSPS) is 22.7. The van der Waals surface area contributed by atoms with Gasteiger partial charge in [-0.05, 0) is 102 Å². The largest absolute Gasteiger partial charge is 0.371 e. The van der Waals surface area contributed by atoms with Gasteiger partial charge in [-0.2, -0.15) is 0 Å². The van der Waals surface area contributed by atoms with Gasteiger partial charge in [-0.3, -0.25) is 29.4 Å². The first-order chi connectivity index (χ1) is 31.2. The van der Waals surface area contributed by atoms with Crippen molar-refractivity contribution in [3.05, 3.63) is 71.1 Å². The second-order valence-corrected chi connectivity index (χ2v) is 20.0. The Balaban J connectivity index is 0.722. The smallest absolute Gasteiger partial charge is 0.255 e. The van der Waals surface area contributed by atoms with Crippen LogP contribution in [-0.4, -0.2) is 138 Å². The van der Waals surface area contributed by atoms with Crippen molar-refractivity contribution in [1.29, 1.82) is 0 Å². The molecule has 0 aliphatic carbocycles. The molecule has 6 aliphatic heterocycles. The number of rotatable bonds is 12. The molecule has 17 heteroatoms. The minimum Gasteiger partial charge on any atom is -0.371 e. The SMILES string of the molecule is CN(CCCNc1cc(N2CCC3(CC2)CN(c2cc(F)c(CN4CCC(C)(C)CC4)cc2F)CC(=O)N3)ncn1)C1CCN(c2cccc3c2CN(C2CCC(=O)NC2=O)C3=O)CC1. The van der Waals surface area contributed by atoms with Crippen LogP contribution in [0.2, 0.25) is 0 Å². The Morgan fingerprint density at radius 3 is 2.35 bits per heavy atom. The minimum atomic E-state index is -0.628. The molecular formula is C48H63F2N11O4. The third-order valence-corrected chi connectivity index (χ3v) is 15.0. The highest BCUT2D eigenvalue weighted by atomic mass is 19.1. The zero-order chi connectivity index (χ0) is 45.5. The molecule has 5 fully saturated rings. The van der Waals surface area contributed by atoms with E-state index in [2.05, 4.69) is 72.5 Å². The maximum atomic E-state index is 15.7. The Morgan fingerprint density at radius 1 is 0.831 bits per heavy atom. The van der Waals surface area contributed by atoms with Crippen molar-refractivity contribution in [2.45, 2.75) is 102 Å². The number of hydrogen-bond donors (Lipinski definition) is 3. The van der Waals surface area contributed by atoms with Gasteiger partial charge in [0.25, 0.3) is 5.91 Å². The molecule has 9 rings (SSSR count). The fraction of sp³-hybridized carbons (Fsp3) is 0.583. The van der Waals surface area contributed by atoms with Crippen molar-refractivity contribution >= 4 is 46.6 Å². The van der Waals surface area contributed by atoms with E-state index in [-0.39, 0.29) is 41.8 Å². The van der Waals surface area contributed by atoms with Crippen molar-refractivity contribution in [2.24, 2.45) is 5.41 Å². The number of amides is 4. The van der Waals surface area contributed by atoms with Gasteiger partial charge in [0.15, 0.2) is 0 Å². The number of nitrogens with one attached hydrogen (secondary N) is 3. The number of fused-ring (bicyclic) bond motifs is 1. The number of imide groups is 1. The lowest BCUT2D eigenvalue weighted by Gasteiger charge is -2.48. The quantitative estimate of drug-likeness (QED) is 0.174. The number of nitrogens with zero attached hydrogens (tertiary/aromatic N) is 8. The predicted octanol–water partition coefficient (Wildman–Crippen LogP) is 4.52. The van der Waals surface area contributed by atoms with Crippen LogP contribution in [0, 0.1) is 17.0 Å². The van der Waals surface area contributed by atoms with Crippen LogP contribution in [0.4, 0.5) is 31.8 Å². The number of benzene rings is 2. The number of piperidine rings is 4. The van der Waals surface area contributed by atoms with Crippen LogP contribution in [0.3, 0.4) is 0 Å². The minimum absolute atomic E-state index is 0.0196. The van der Waals surface area contributed by atoms with Gasteiger partial charge in [0, 0.05) is 99.3 Å². The highest BCUT2D eigenvalue weighted by Gasteiger charge is 2.43. The van der Waals surface area contributed by atoms with Crippen molar-refractivity contribution < 1.29 is 28.0 Å². The molecule has 0 radical (unpaired) electrons. The van der Waals surface area contributed by atoms with E-state index in [1.807, 2.05) is 18.2 Å². The molecule has 4 amide bonds. The Labute approximate surface area is 380 Å². The summed E-state index contributed by atoms with van der Waals surface area (Å²) >= 11 is 0. The van der Waals surface area contributed by atoms with Gasteiger partial charge >= 0.3 is 0 Å². The lowest BCUT2D eigenvalue weighted by molar-refractivity contribution is -0.137. The molecule has 7 heterocycles. The molecular weight excluding hydrogens is 833 g/mol. The summed E-state index contributed by atoms with van der Waals surface area (Å²) in [5, 5.41) is 9.08. The van der Waals surface area contributed by atoms with Gasteiger partial charge in [0.2, 0.25) is 17.7 Å². The summed E-state index contributed by atoms with van der Waals surface area (Å²) in [6.45, 7) is 12.0. The van der Waals surface area contributed by atoms with Gasteiger partial charge in [0.05, 0.1) is 17.8 Å². The number of anilines is 4. The van der Waals surface area contributed by atoms with E-state index in [0.29, 0.717) is 69.2 Å². The molecule has 0 saturated carbocycles. The second kappa shape index (κ2) is 18.5. The summed E-state index contributed by atoms with van der Waals surface area (Å²) in [6, 6.07) is 10.2. The van der Waals surface area contributed by atoms with E-state index in [0.717, 1.165) is 94.3 Å². The van der Waals surface area contributed by atoms with Crippen LogP contribution >= 0.6 is 0 Å². The molecule has 1 atom stereocenters. The highest BCUT2D eigenvalue weighted by Crippen LogP contribution is 2.37. The Hall–Kier alpha value is -5.42. The highest BCUT2D eigenvalue weighted by molar-refractivity contribution is 6.06. The first-order valence-electron chi connectivity index (χ1n) is 23.5. The molecule has 348 valence electrons. The topological polar surface area (TPSA) is 150 Å². The van der Waals surface area contributed by atoms with E-state index >= 15 is 8.78 Å².